The minimum atomic E-state index is 0.417. The number of hydrogen-bond acceptors (Lipinski definition) is 2. The van der Waals surface area contributed by atoms with Crippen molar-refractivity contribution in [2.75, 3.05) is 20.7 Å². The van der Waals surface area contributed by atoms with E-state index in [1.54, 1.807) is 7.11 Å². The molecule has 1 fully saturated rings. The van der Waals surface area contributed by atoms with E-state index < -0.39 is 0 Å². The van der Waals surface area contributed by atoms with Crippen LogP contribution in [0.4, 0.5) is 0 Å². The molecule has 2 heteroatoms. The second-order valence-electron chi connectivity index (χ2n) is 1.96. The molecule has 0 aliphatic carbocycles. The van der Waals surface area contributed by atoms with E-state index in [0.717, 1.165) is 0 Å². The van der Waals surface area contributed by atoms with E-state index in [2.05, 4.69) is 11.9 Å². The van der Waals surface area contributed by atoms with E-state index >= 15 is 0 Å². The van der Waals surface area contributed by atoms with Crippen LogP contribution in [0.25, 0.3) is 0 Å². The summed E-state index contributed by atoms with van der Waals surface area (Å²) in [5.74, 6) is 0. The normalized spacial score (nSPS) is 32.6. The summed E-state index contributed by atoms with van der Waals surface area (Å²) in [5, 5.41) is 0. The summed E-state index contributed by atoms with van der Waals surface area (Å²) in [5.41, 5.74) is 0. The van der Waals surface area contributed by atoms with Crippen LogP contribution in [0.15, 0.2) is 0 Å². The predicted molar refractivity (Wildman–Crippen MR) is 28.0 cm³/mol. The van der Waals surface area contributed by atoms with Crippen LogP contribution in [-0.2, 0) is 4.74 Å². The van der Waals surface area contributed by atoms with Gasteiger partial charge in [-0.25, -0.2) is 0 Å². The highest BCUT2D eigenvalue weighted by atomic mass is 16.5. The molecule has 0 spiro atoms. The Balaban J connectivity index is 2.16. The zero-order chi connectivity index (χ0) is 5.28. The van der Waals surface area contributed by atoms with Crippen molar-refractivity contribution in [2.45, 2.75) is 12.6 Å². The summed E-state index contributed by atoms with van der Waals surface area (Å²) in [6.07, 6.45) is 1.62. The smallest absolute Gasteiger partial charge is 0.111 e. The van der Waals surface area contributed by atoms with Crippen LogP contribution in [0.5, 0.6) is 0 Å². The van der Waals surface area contributed by atoms with Crippen molar-refractivity contribution >= 4 is 0 Å². The van der Waals surface area contributed by atoms with Gasteiger partial charge >= 0.3 is 0 Å². The molecule has 0 aromatic heterocycles. The van der Waals surface area contributed by atoms with Gasteiger partial charge in [0.1, 0.15) is 6.23 Å². The van der Waals surface area contributed by atoms with E-state index in [-0.39, 0.29) is 0 Å². The molecule has 1 heterocycles. The topological polar surface area (TPSA) is 12.5 Å². The number of ether oxygens (including phenoxy) is 1. The lowest BCUT2D eigenvalue weighted by Gasteiger charge is -2.35. The average Bonchev–Trinajstić information content (AvgIpc) is 1.65. The highest BCUT2D eigenvalue weighted by Crippen LogP contribution is 2.13. The zero-order valence-electron chi connectivity index (χ0n) is 4.85. The number of nitrogens with zero attached hydrogens (tertiary/aromatic N) is 1. The van der Waals surface area contributed by atoms with Crippen molar-refractivity contribution in [3.63, 3.8) is 0 Å². The van der Waals surface area contributed by atoms with E-state index in [1.807, 2.05) is 0 Å². The largest absolute Gasteiger partial charge is 0.366 e. The molecule has 2 nitrogen and oxygen atoms in total. The zero-order valence-corrected chi connectivity index (χ0v) is 4.85. The molecule has 0 amide bonds. The first-order chi connectivity index (χ1) is 3.34. The lowest BCUT2D eigenvalue weighted by atomic mass is 10.2. The third-order valence-corrected chi connectivity index (χ3v) is 1.49. The molecule has 7 heavy (non-hydrogen) atoms. The van der Waals surface area contributed by atoms with Crippen molar-refractivity contribution in [1.29, 1.82) is 0 Å². The van der Waals surface area contributed by atoms with Gasteiger partial charge in [0.05, 0.1) is 0 Å². The summed E-state index contributed by atoms with van der Waals surface area (Å²) in [7, 11) is 3.82. The molecule has 1 aliphatic rings. The van der Waals surface area contributed by atoms with Crippen LogP contribution in [0.3, 0.4) is 0 Å². The molecule has 0 aromatic rings. The minimum Gasteiger partial charge on any atom is -0.366 e. The van der Waals surface area contributed by atoms with Crippen molar-refractivity contribution in [3.05, 3.63) is 0 Å². The van der Waals surface area contributed by atoms with Gasteiger partial charge in [0, 0.05) is 13.7 Å². The predicted octanol–water partition coefficient (Wildman–Crippen LogP) is 0.294. The number of likely N-dealkylation sites (tertiary alicyclic amines) is 1. The Hall–Kier alpha value is -0.0800. The lowest BCUT2D eigenvalue weighted by molar-refractivity contribution is -0.0852. The molecule has 0 radical (unpaired) electrons. The molecule has 42 valence electrons. The maximum absolute atomic E-state index is 5.02. The molecular formula is C5H11NO. The highest BCUT2D eigenvalue weighted by molar-refractivity contribution is 4.69. The number of hydrogen-bond donors (Lipinski definition) is 0. The molecule has 1 aliphatic heterocycles. The Bertz CT molecular complexity index is 63.1. The van der Waals surface area contributed by atoms with Crippen molar-refractivity contribution in [3.8, 4) is 0 Å². The van der Waals surface area contributed by atoms with Crippen LogP contribution in [0, 0.1) is 0 Å². The molecule has 1 rings (SSSR count). The third-order valence-electron chi connectivity index (χ3n) is 1.49. The first kappa shape index (κ1) is 5.06. The molecule has 1 atom stereocenters. The van der Waals surface area contributed by atoms with Crippen LogP contribution in [0.2, 0.25) is 0 Å². The fourth-order valence-electron chi connectivity index (χ4n) is 0.791. The van der Waals surface area contributed by atoms with E-state index in [0.29, 0.717) is 6.23 Å². The first-order valence-corrected chi connectivity index (χ1v) is 2.57. The standard InChI is InChI=1S/C5H11NO/c1-6-4-3-5(6)7-2/h5H,3-4H2,1-2H3/t5-/m1/s1. The Labute approximate surface area is 44.1 Å². The lowest BCUT2D eigenvalue weighted by Crippen LogP contribution is -2.45. The van der Waals surface area contributed by atoms with Crippen molar-refractivity contribution in [2.24, 2.45) is 0 Å². The molecule has 0 bridgehead atoms. The summed E-state index contributed by atoms with van der Waals surface area (Å²) in [4.78, 5) is 2.18. The SMILES string of the molecule is CO[C@@H]1CCN1C. The van der Waals surface area contributed by atoms with Gasteiger partial charge < -0.3 is 4.74 Å². The summed E-state index contributed by atoms with van der Waals surface area (Å²) in [6.45, 7) is 1.19. The van der Waals surface area contributed by atoms with Gasteiger partial charge in [-0.05, 0) is 13.5 Å². The van der Waals surface area contributed by atoms with Crippen molar-refractivity contribution < 1.29 is 4.74 Å². The summed E-state index contributed by atoms with van der Waals surface area (Å²) in [6, 6.07) is 0. The number of methoxy groups -OCH3 is 1. The molecule has 0 unspecified atom stereocenters. The monoisotopic (exact) mass is 101 g/mol. The molecule has 0 aromatic carbocycles. The summed E-state index contributed by atoms with van der Waals surface area (Å²) >= 11 is 0. The van der Waals surface area contributed by atoms with E-state index in [1.165, 1.54) is 13.0 Å². The van der Waals surface area contributed by atoms with Gasteiger partial charge in [0.2, 0.25) is 0 Å². The molecule has 1 saturated heterocycles. The molecule has 0 N–H and O–H groups in total. The van der Waals surface area contributed by atoms with Crippen LogP contribution in [0.1, 0.15) is 6.42 Å². The van der Waals surface area contributed by atoms with Gasteiger partial charge in [-0.2, -0.15) is 0 Å². The Morgan fingerprint density at radius 2 is 2.43 bits per heavy atom. The Morgan fingerprint density at radius 3 is 2.43 bits per heavy atom. The third kappa shape index (κ3) is 0.763. The van der Waals surface area contributed by atoms with Gasteiger partial charge in [-0.1, -0.05) is 0 Å². The fraction of sp³-hybridized carbons (Fsp3) is 1.00. The highest BCUT2D eigenvalue weighted by Gasteiger charge is 2.22. The molecule has 0 saturated carbocycles. The quantitative estimate of drug-likeness (QED) is 0.471. The van der Waals surface area contributed by atoms with E-state index in [9.17, 15) is 0 Å². The maximum atomic E-state index is 5.02. The van der Waals surface area contributed by atoms with Crippen molar-refractivity contribution in [1.82, 2.24) is 4.90 Å². The molecular weight excluding hydrogens is 90.1 g/mol. The first-order valence-electron chi connectivity index (χ1n) is 2.57. The van der Waals surface area contributed by atoms with Crippen LogP contribution >= 0.6 is 0 Å². The van der Waals surface area contributed by atoms with E-state index in [4.69, 9.17) is 4.74 Å². The van der Waals surface area contributed by atoms with Gasteiger partial charge in [0.25, 0.3) is 0 Å². The van der Waals surface area contributed by atoms with Gasteiger partial charge in [-0.3, -0.25) is 4.90 Å². The Morgan fingerprint density at radius 1 is 1.71 bits per heavy atom. The summed E-state index contributed by atoms with van der Waals surface area (Å²) < 4.78 is 5.02. The second kappa shape index (κ2) is 1.80. The second-order valence-corrected chi connectivity index (χ2v) is 1.96. The Kier molecular flexibility index (Phi) is 1.30. The van der Waals surface area contributed by atoms with Gasteiger partial charge in [0.15, 0.2) is 0 Å². The average molecular weight is 101 g/mol. The van der Waals surface area contributed by atoms with Gasteiger partial charge in [-0.15, -0.1) is 0 Å². The fourth-order valence-corrected chi connectivity index (χ4v) is 0.791. The van der Waals surface area contributed by atoms with Crippen LogP contribution < -0.4 is 0 Å². The maximum Gasteiger partial charge on any atom is 0.111 e. The number of rotatable bonds is 1. The minimum absolute atomic E-state index is 0.417. The van der Waals surface area contributed by atoms with Crippen LogP contribution in [-0.4, -0.2) is 31.8 Å².